The number of rotatable bonds is 4. The molecule has 2 saturated heterocycles. The molecular formula is C16H22Cl2N2O2S. The number of benzene rings is 1. The number of hydrogen-bond donors (Lipinski definition) is 3. The molecule has 0 aromatic heterocycles. The first-order chi connectivity index (χ1) is 10.9. The zero-order chi connectivity index (χ0) is 16.4. The van der Waals surface area contributed by atoms with Gasteiger partial charge < -0.3 is 15.5 Å². The molecule has 1 unspecified atom stereocenters. The lowest BCUT2D eigenvalue weighted by Gasteiger charge is -2.41. The van der Waals surface area contributed by atoms with Crippen molar-refractivity contribution in [3.05, 3.63) is 33.8 Å². The lowest BCUT2D eigenvalue weighted by Crippen LogP contribution is -2.49. The standard InChI is InChI=1S/C16H22Cl2N2O2S/c17-12-2-1-11(15(18)7-12)10-20(14-3-5-19-9-14)13-4-6-23-16(21,22)8-13/h1-2,7,13-14,19,21-22H,3-6,8-10H2/t13?,14-/m0/s1. The van der Waals surface area contributed by atoms with Crippen LogP contribution in [0.5, 0.6) is 0 Å². The van der Waals surface area contributed by atoms with Crippen LogP contribution < -0.4 is 5.32 Å². The second-order valence-electron chi connectivity index (χ2n) is 6.29. The SMILES string of the molecule is OC1(O)CC(N(Cc2ccc(Cl)cc2Cl)[C@H]2CCNC2)CCS1. The Kier molecular flexibility index (Phi) is 5.79. The van der Waals surface area contributed by atoms with Crippen molar-refractivity contribution in [3.8, 4) is 0 Å². The Balaban J connectivity index is 1.80. The van der Waals surface area contributed by atoms with Crippen LogP contribution in [-0.2, 0) is 6.54 Å². The van der Waals surface area contributed by atoms with Crippen LogP contribution in [0.15, 0.2) is 18.2 Å². The lowest BCUT2D eigenvalue weighted by molar-refractivity contribution is -0.103. The van der Waals surface area contributed by atoms with Gasteiger partial charge >= 0.3 is 0 Å². The van der Waals surface area contributed by atoms with Crippen LogP contribution >= 0.6 is 35.0 Å². The van der Waals surface area contributed by atoms with E-state index in [2.05, 4.69) is 10.2 Å². The van der Waals surface area contributed by atoms with Gasteiger partial charge in [0, 0.05) is 41.6 Å². The minimum absolute atomic E-state index is 0.142. The summed E-state index contributed by atoms with van der Waals surface area (Å²) in [6.45, 7) is 2.63. The summed E-state index contributed by atoms with van der Waals surface area (Å²) in [7, 11) is 0. The van der Waals surface area contributed by atoms with Gasteiger partial charge in [-0.1, -0.05) is 41.0 Å². The van der Waals surface area contributed by atoms with E-state index in [4.69, 9.17) is 23.2 Å². The molecule has 23 heavy (non-hydrogen) atoms. The second-order valence-corrected chi connectivity index (χ2v) is 8.49. The van der Waals surface area contributed by atoms with Crippen molar-refractivity contribution in [2.75, 3.05) is 18.8 Å². The minimum atomic E-state index is -1.63. The Morgan fingerprint density at radius 1 is 1.26 bits per heavy atom. The first-order valence-corrected chi connectivity index (χ1v) is 9.68. The van der Waals surface area contributed by atoms with Gasteiger partial charge in [-0.2, -0.15) is 0 Å². The van der Waals surface area contributed by atoms with Gasteiger partial charge in [-0.3, -0.25) is 4.90 Å². The highest BCUT2D eigenvalue weighted by Gasteiger charge is 2.38. The Hall–Kier alpha value is -0.0100. The fourth-order valence-corrected chi connectivity index (χ4v) is 4.93. The van der Waals surface area contributed by atoms with Crippen LogP contribution in [-0.4, -0.2) is 51.2 Å². The van der Waals surface area contributed by atoms with E-state index in [0.717, 1.165) is 37.2 Å². The number of nitrogens with one attached hydrogen (secondary N) is 1. The molecule has 2 atom stereocenters. The van der Waals surface area contributed by atoms with Gasteiger partial charge in [-0.05, 0) is 42.8 Å². The largest absolute Gasteiger partial charge is 0.357 e. The fourth-order valence-electron chi connectivity index (χ4n) is 3.43. The van der Waals surface area contributed by atoms with Crippen LogP contribution in [0, 0.1) is 0 Å². The summed E-state index contributed by atoms with van der Waals surface area (Å²) in [5.41, 5.74) is 1.03. The first-order valence-electron chi connectivity index (χ1n) is 7.94. The Labute approximate surface area is 151 Å². The predicted octanol–water partition coefficient (Wildman–Crippen LogP) is 2.69. The number of halogens is 2. The zero-order valence-corrected chi connectivity index (χ0v) is 15.2. The fraction of sp³-hybridized carbons (Fsp3) is 0.625. The molecule has 2 fully saturated rings. The number of nitrogens with zero attached hydrogens (tertiary/aromatic N) is 1. The highest BCUT2D eigenvalue weighted by Crippen LogP contribution is 2.36. The Morgan fingerprint density at radius 3 is 2.74 bits per heavy atom. The van der Waals surface area contributed by atoms with Crippen molar-refractivity contribution in [2.45, 2.75) is 43.0 Å². The summed E-state index contributed by atoms with van der Waals surface area (Å²) < 4.78 is 0. The predicted molar refractivity (Wildman–Crippen MR) is 95.9 cm³/mol. The van der Waals surface area contributed by atoms with Crippen LogP contribution in [0.3, 0.4) is 0 Å². The number of hydrogen-bond acceptors (Lipinski definition) is 5. The lowest BCUT2D eigenvalue weighted by atomic mass is 10.0. The van der Waals surface area contributed by atoms with Crippen molar-refractivity contribution in [1.29, 1.82) is 0 Å². The van der Waals surface area contributed by atoms with Gasteiger partial charge in [-0.25, -0.2) is 0 Å². The number of aliphatic hydroxyl groups is 2. The highest BCUT2D eigenvalue weighted by atomic mass is 35.5. The third kappa shape index (κ3) is 4.54. The van der Waals surface area contributed by atoms with Crippen LogP contribution in [0.4, 0.5) is 0 Å². The van der Waals surface area contributed by atoms with E-state index in [-0.39, 0.29) is 6.04 Å². The molecule has 2 aliphatic heterocycles. The zero-order valence-electron chi connectivity index (χ0n) is 12.8. The molecule has 1 aromatic carbocycles. The third-order valence-corrected chi connectivity index (χ3v) is 6.28. The third-order valence-electron chi connectivity index (χ3n) is 4.63. The molecule has 7 heteroatoms. The molecule has 0 radical (unpaired) electrons. The molecule has 0 aliphatic carbocycles. The van der Waals surface area contributed by atoms with Crippen LogP contribution in [0.1, 0.15) is 24.8 Å². The van der Waals surface area contributed by atoms with Crippen molar-refractivity contribution < 1.29 is 10.2 Å². The summed E-state index contributed by atoms with van der Waals surface area (Å²) in [6.07, 6.45) is 2.38. The average molecular weight is 377 g/mol. The van der Waals surface area contributed by atoms with Gasteiger partial charge in [0.15, 0.2) is 0 Å². The van der Waals surface area contributed by atoms with Gasteiger partial charge in [-0.15, -0.1) is 0 Å². The minimum Gasteiger partial charge on any atom is -0.357 e. The number of thioether (sulfide) groups is 1. The smallest absolute Gasteiger partial charge is 0.214 e. The average Bonchev–Trinajstić information content (AvgIpc) is 2.99. The Morgan fingerprint density at radius 2 is 2.09 bits per heavy atom. The quantitative estimate of drug-likeness (QED) is 0.705. The van der Waals surface area contributed by atoms with Crippen molar-refractivity contribution >= 4 is 35.0 Å². The van der Waals surface area contributed by atoms with E-state index in [1.54, 1.807) is 6.07 Å². The maximum absolute atomic E-state index is 10.0. The normalized spacial score (nSPS) is 27.5. The van der Waals surface area contributed by atoms with Crippen molar-refractivity contribution in [3.63, 3.8) is 0 Å². The van der Waals surface area contributed by atoms with E-state index in [1.165, 1.54) is 11.8 Å². The molecular weight excluding hydrogens is 355 g/mol. The summed E-state index contributed by atoms with van der Waals surface area (Å²) in [5.74, 6) is 0.753. The maximum atomic E-state index is 10.0. The molecule has 3 rings (SSSR count). The molecule has 2 heterocycles. The molecule has 0 bridgehead atoms. The van der Waals surface area contributed by atoms with E-state index >= 15 is 0 Å². The molecule has 3 N–H and O–H groups in total. The molecule has 0 spiro atoms. The van der Waals surface area contributed by atoms with E-state index in [1.807, 2.05) is 12.1 Å². The van der Waals surface area contributed by atoms with Crippen LogP contribution in [0.25, 0.3) is 0 Å². The van der Waals surface area contributed by atoms with Crippen molar-refractivity contribution in [1.82, 2.24) is 10.2 Å². The van der Waals surface area contributed by atoms with Crippen LogP contribution in [0.2, 0.25) is 10.0 Å². The molecule has 2 aliphatic rings. The summed E-state index contributed by atoms with van der Waals surface area (Å²) >= 11 is 13.6. The van der Waals surface area contributed by atoms with Crippen molar-refractivity contribution in [2.24, 2.45) is 0 Å². The van der Waals surface area contributed by atoms with Gasteiger partial charge in [0.25, 0.3) is 0 Å². The van der Waals surface area contributed by atoms with E-state index in [0.29, 0.717) is 29.1 Å². The summed E-state index contributed by atoms with van der Waals surface area (Å²) in [4.78, 5) is 2.38. The Bertz CT molecular complexity index is 553. The molecule has 0 saturated carbocycles. The first kappa shape index (κ1) is 17.8. The molecule has 1 aromatic rings. The van der Waals surface area contributed by atoms with E-state index in [9.17, 15) is 10.2 Å². The summed E-state index contributed by atoms with van der Waals surface area (Å²) in [5, 5.41) is 23.1. The second kappa shape index (κ2) is 7.48. The monoisotopic (exact) mass is 376 g/mol. The highest BCUT2D eigenvalue weighted by molar-refractivity contribution is 8.00. The summed E-state index contributed by atoms with van der Waals surface area (Å²) in [6, 6.07) is 6.12. The molecule has 0 amide bonds. The van der Waals surface area contributed by atoms with E-state index < -0.39 is 5.12 Å². The maximum Gasteiger partial charge on any atom is 0.214 e. The van der Waals surface area contributed by atoms with Gasteiger partial charge in [0.05, 0.1) is 0 Å². The molecule has 128 valence electrons. The molecule has 4 nitrogen and oxygen atoms in total. The van der Waals surface area contributed by atoms with Gasteiger partial charge in [0.2, 0.25) is 5.12 Å². The van der Waals surface area contributed by atoms with Gasteiger partial charge in [0.1, 0.15) is 0 Å². The topological polar surface area (TPSA) is 55.7 Å².